The van der Waals surface area contributed by atoms with Gasteiger partial charge in [0, 0.05) is 31.2 Å². The number of nitrogens with two attached hydrogens (primary N) is 1. The first-order valence-corrected chi connectivity index (χ1v) is 7.68. The van der Waals surface area contributed by atoms with Crippen LogP contribution in [0.5, 0.6) is 5.75 Å². The minimum absolute atomic E-state index is 0.0132. The van der Waals surface area contributed by atoms with Crippen molar-refractivity contribution in [3.8, 4) is 5.75 Å². The van der Waals surface area contributed by atoms with E-state index in [9.17, 15) is 9.59 Å². The molecule has 6 nitrogen and oxygen atoms in total. The number of nitrogens with zero attached hydrogens (tertiary/aromatic N) is 1. The van der Waals surface area contributed by atoms with Crippen LogP contribution in [0, 0.1) is 0 Å². The zero-order chi connectivity index (χ0) is 16.8. The summed E-state index contributed by atoms with van der Waals surface area (Å²) in [4.78, 5) is 24.7. The monoisotopic (exact) mass is 317 g/mol. The summed E-state index contributed by atoms with van der Waals surface area (Å²) in [5.41, 5.74) is 5.91. The molecule has 1 aromatic rings. The van der Waals surface area contributed by atoms with Gasteiger partial charge in [0.2, 0.25) is 5.91 Å². The van der Waals surface area contributed by atoms with Crippen LogP contribution in [0.2, 0.25) is 0 Å². The van der Waals surface area contributed by atoms with E-state index in [0.717, 1.165) is 5.56 Å². The molecule has 2 amide bonds. The first-order chi connectivity index (χ1) is 10.9. The molecule has 0 saturated carbocycles. The average molecular weight is 317 g/mol. The lowest BCUT2D eigenvalue weighted by Gasteiger charge is -2.35. The maximum Gasteiger partial charge on any atom is 0.255 e. The van der Waals surface area contributed by atoms with Crippen LogP contribution in [-0.4, -0.2) is 48.5 Å². The van der Waals surface area contributed by atoms with Gasteiger partial charge in [0.25, 0.3) is 5.91 Å². The van der Waals surface area contributed by atoms with Crippen LogP contribution < -0.4 is 15.8 Å². The Bertz CT molecular complexity index is 573. The summed E-state index contributed by atoms with van der Waals surface area (Å²) in [7, 11) is 0. The highest BCUT2D eigenvalue weighted by atomic mass is 16.5. The summed E-state index contributed by atoms with van der Waals surface area (Å²) in [5, 5.41) is 3.40. The Hall–Kier alpha value is -2.34. The SMILES string of the molecule is CC1CN(C(=O)/C=C/c2ccc(OCC(N)=O)cc2)CC(C)N1. The number of hydrogen-bond donors (Lipinski definition) is 2. The van der Waals surface area contributed by atoms with Crippen molar-refractivity contribution in [2.45, 2.75) is 25.9 Å². The van der Waals surface area contributed by atoms with E-state index in [1.54, 1.807) is 24.3 Å². The van der Waals surface area contributed by atoms with Gasteiger partial charge in [-0.1, -0.05) is 12.1 Å². The second-order valence-electron chi connectivity index (χ2n) is 5.87. The van der Waals surface area contributed by atoms with Crippen molar-refractivity contribution in [3.05, 3.63) is 35.9 Å². The zero-order valence-electron chi connectivity index (χ0n) is 13.5. The quantitative estimate of drug-likeness (QED) is 0.786. The molecule has 6 heteroatoms. The van der Waals surface area contributed by atoms with Crippen molar-refractivity contribution in [1.82, 2.24) is 10.2 Å². The fourth-order valence-electron chi connectivity index (χ4n) is 2.61. The molecule has 0 radical (unpaired) electrons. The highest BCUT2D eigenvalue weighted by molar-refractivity contribution is 5.91. The Labute approximate surface area is 136 Å². The van der Waals surface area contributed by atoms with E-state index in [0.29, 0.717) is 30.9 Å². The Balaban J connectivity index is 1.91. The van der Waals surface area contributed by atoms with Gasteiger partial charge in [0.15, 0.2) is 6.61 Å². The molecule has 0 spiro atoms. The summed E-state index contributed by atoms with van der Waals surface area (Å²) in [6, 6.07) is 7.73. The van der Waals surface area contributed by atoms with E-state index in [-0.39, 0.29) is 12.5 Å². The average Bonchev–Trinajstić information content (AvgIpc) is 2.50. The molecule has 2 unspecified atom stereocenters. The van der Waals surface area contributed by atoms with Crippen LogP contribution in [0.15, 0.2) is 30.3 Å². The number of hydrogen-bond acceptors (Lipinski definition) is 4. The van der Waals surface area contributed by atoms with Crippen LogP contribution in [0.3, 0.4) is 0 Å². The smallest absolute Gasteiger partial charge is 0.255 e. The predicted octanol–water partition coefficient (Wildman–Crippen LogP) is 0.773. The first-order valence-electron chi connectivity index (χ1n) is 7.68. The number of primary amides is 1. The van der Waals surface area contributed by atoms with Crippen molar-refractivity contribution in [2.75, 3.05) is 19.7 Å². The van der Waals surface area contributed by atoms with Crippen molar-refractivity contribution in [3.63, 3.8) is 0 Å². The lowest BCUT2D eigenvalue weighted by atomic mass is 10.1. The van der Waals surface area contributed by atoms with Crippen molar-refractivity contribution in [2.24, 2.45) is 5.73 Å². The summed E-state index contributed by atoms with van der Waals surface area (Å²) < 4.78 is 5.19. The molecular formula is C17H23N3O3. The highest BCUT2D eigenvalue weighted by Gasteiger charge is 2.23. The van der Waals surface area contributed by atoms with E-state index >= 15 is 0 Å². The van der Waals surface area contributed by atoms with Gasteiger partial charge in [-0.15, -0.1) is 0 Å². The summed E-state index contributed by atoms with van der Waals surface area (Å²) in [5.74, 6) is 0.0651. The zero-order valence-corrected chi connectivity index (χ0v) is 13.5. The van der Waals surface area contributed by atoms with Crippen LogP contribution in [0.25, 0.3) is 6.08 Å². The molecule has 1 saturated heterocycles. The molecule has 124 valence electrons. The number of amides is 2. The number of benzene rings is 1. The van der Waals surface area contributed by atoms with Gasteiger partial charge < -0.3 is 20.7 Å². The van der Waals surface area contributed by atoms with Gasteiger partial charge >= 0.3 is 0 Å². The van der Waals surface area contributed by atoms with Gasteiger partial charge in [0.1, 0.15) is 5.75 Å². The number of nitrogens with one attached hydrogen (secondary N) is 1. The van der Waals surface area contributed by atoms with E-state index in [4.69, 9.17) is 10.5 Å². The molecule has 3 N–H and O–H groups in total. The molecule has 23 heavy (non-hydrogen) atoms. The Morgan fingerprint density at radius 1 is 1.26 bits per heavy atom. The summed E-state index contributed by atoms with van der Waals surface area (Å²) in [6.07, 6.45) is 3.36. The second kappa shape index (κ2) is 7.78. The third-order valence-electron chi connectivity index (χ3n) is 3.55. The number of piperazine rings is 1. The van der Waals surface area contributed by atoms with Crippen molar-refractivity contribution >= 4 is 17.9 Å². The second-order valence-corrected chi connectivity index (χ2v) is 5.87. The van der Waals surface area contributed by atoms with Crippen LogP contribution in [0.1, 0.15) is 19.4 Å². The van der Waals surface area contributed by atoms with Gasteiger partial charge in [-0.25, -0.2) is 0 Å². The Morgan fingerprint density at radius 3 is 2.43 bits per heavy atom. The van der Waals surface area contributed by atoms with Gasteiger partial charge in [0.05, 0.1) is 0 Å². The number of carbonyl (C=O) groups is 2. The maximum atomic E-state index is 12.2. The fraction of sp³-hybridized carbons (Fsp3) is 0.412. The minimum atomic E-state index is -0.515. The van der Waals surface area contributed by atoms with E-state index < -0.39 is 5.91 Å². The molecule has 1 aliphatic heterocycles. The van der Waals surface area contributed by atoms with Crippen molar-refractivity contribution < 1.29 is 14.3 Å². The largest absolute Gasteiger partial charge is 0.484 e. The highest BCUT2D eigenvalue weighted by Crippen LogP contribution is 2.13. The third kappa shape index (κ3) is 5.41. The van der Waals surface area contributed by atoms with E-state index in [2.05, 4.69) is 19.2 Å². The topological polar surface area (TPSA) is 84.7 Å². The van der Waals surface area contributed by atoms with Crippen LogP contribution >= 0.6 is 0 Å². The molecule has 0 bridgehead atoms. The number of ether oxygens (including phenoxy) is 1. The number of carbonyl (C=O) groups excluding carboxylic acids is 2. The molecule has 2 atom stereocenters. The fourth-order valence-corrected chi connectivity index (χ4v) is 2.61. The van der Waals surface area contributed by atoms with Gasteiger partial charge in [-0.2, -0.15) is 0 Å². The molecule has 1 fully saturated rings. The Kier molecular flexibility index (Phi) is 5.76. The molecule has 2 rings (SSSR count). The van der Waals surface area contributed by atoms with Gasteiger partial charge in [-0.05, 0) is 37.6 Å². The van der Waals surface area contributed by atoms with E-state index in [1.807, 2.05) is 17.0 Å². The first kappa shape index (κ1) is 17.0. The lowest BCUT2D eigenvalue weighted by molar-refractivity contribution is -0.127. The van der Waals surface area contributed by atoms with Crippen LogP contribution in [-0.2, 0) is 9.59 Å². The normalized spacial score (nSPS) is 21.4. The molecule has 1 aromatic carbocycles. The van der Waals surface area contributed by atoms with E-state index in [1.165, 1.54) is 0 Å². The molecule has 0 aromatic heterocycles. The molecular weight excluding hydrogens is 294 g/mol. The summed E-state index contributed by atoms with van der Waals surface area (Å²) in [6.45, 7) is 5.43. The molecule has 0 aliphatic carbocycles. The standard InChI is InChI=1S/C17H23N3O3/c1-12-9-20(10-13(2)19-12)17(22)8-5-14-3-6-15(7-4-14)23-11-16(18)21/h3-8,12-13,19H,9-11H2,1-2H3,(H2,18,21)/b8-5+. The molecule has 1 aliphatic rings. The summed E-state index contributed by atoms with van der Waals surface area (Å²) >= 11 is 0. The van der Waals surface area contributed by atoms with Crippen LogP contribution in [0.4, 0.5) is 0 Å². The molecule has 1 heterocycles. The van der Waals surface area contributed by atoms with Gasteiger partial charge in [-0.3, -0.25) is 9.59 Å². The Morgan fingerprint density at radius 2 is 1.87 bits per heavy atom. The number of rotatable bonds is 5. The maximum absolute atomic E-state index is 12.2. The van der Waals surface area contributed by atoms with Crippen molar-refractivity contribution in [1.29, 1.82) is 0 Å². The predicted molar refractivity (Wildman–Crippen MR) is 88.8 cm³/mol. The minimum Gasteiger partial charge on any atom is -0.484 e. The lowest BCUT2D eigenvalue weighted by Crippen LogP contribution is -2.55. The third-order valence-corrected chi connectivity index (χ3v) is 3.55.